The highest BCUT2D eigenvalue weighted by atomic mass is 32.2. The number of allylic oxidation sites excluding steroid dienone is 1. The van der Waals surface area contributed by atoms with Gasteiger partial charge in [0.15, 0.2) is 5.17 Å². The molecule has 1 amide bonds. The number of ether oxygens (including phenoxy) is 2. The topological polar surface area (TPSA) is 80.2 Å². The second-order valence-electron chi connectivity index (χ2n) is 8.95. The third-order valence-corrected chi connectivity index (χ3v) is 6.59. The van der Waals surface area contributed by atoms with Gasteiger partial charge in [0, 0.05) is 5.70 Å². The average molecular weight is 506 g/mol. The molecule has 8 heteroatoms. The maximum Gasteiger partial charge on any atom is 0.338 e. The quantitative estimate of drug-likeness (QED) is 0.377. The number of benzene rings is 2. The van der Waals surface area contributed by atoms with E-state index in [9.17, 15) is 9.59 Å². The highest BCUT2D eigenvalue weighted by Crippen LogP contribution is 2.45. The smallest absolute Gasteiger partial charge is 0.338 e. The Morgan fingerprint density at radius 1 is 1.11 bits per heavy atom. The van der Waals surface area contributed by atoms with Gasteiger partial charge < -0.3 is 19.7 Å². The number of amides is 1. The van der Waals surface area contributed by atoms with Crippen LogP contribution in [0.25, 0.3) is 0 Å². The van der Waals surface area contributed by atoms with E-state index in [1.807, 2.05) is 86.5 Å². The highest BCUT2D eigenvalue weighted by Gasteiger charge is 2.41. The minimum atomic E-state index is -0.431. The molecule has 0 aliphatic carbocycles. The van der Waals surface area contributed by atoms with E-state index >= 15 is 0 Å². The number of hydrogen-bond acceptors (Lipinski definition) is 7. The Morgan fingerprint density at radius 3 is 2.61 bits per heavy atom. The molecule has 2 aliphatic heterocycles. The van der Waals surface area contributed by atoms with E-state index in [0.29, 0.717) is 24.4 Å². The van der Waals surface area contributed by atoms with Crippen molar-refractivity contribution in [1.29, 1.82) is 0 Å². The molecule has 0 aromatic heterocycles. The van der Waals surface area contributed by atoms with Crippen molar-refractivity contribution >= 4 is 28.8 Å². The van der Waals surface area contributed by atoms with Gasteiger partial charge in [-0.25, -0.2) is 9.79 Å². The van der Waals surface area contributed by atoms with Crippen LogP contribution in [0.1, 0.15) is 44.4 Å². The van der Waals surface area contributed by atoms with Crippen molar-refractivity contribution in [2.45, 2.75) is 46.3 Å². The molecule has 0 radical (unpaired) electrons. The SMILES string of the molecule is CC1=C(C(=O)OC(C)C)C(c2cccc(C)c2)N2C(CC(=O)NCCOc3ccccc3)=CSC2=N1. The van der Waals surface area contributed by atoms with Crippen molar-refractivity contribution in [1.82, 2.24) is 10.2 Å². The monoisotopic (exact) mass is 505 g/mol. The van der Waals surface area contributed by atoms with Crippen LogP contribution in [-0.2, 0) is 14.3 Å². The molecule has 188 valence electrons. The summed E-state index contributed by atoms with van der Waals surface area (Å²) in [6.45, 7) is 8.28. The van der Waals surface area contributed by atoms with E-state index in [2.05, 4.69) is 11.4 Å². The number of hydrogen-bond donors (Lipinski definition) is 1. The number of carbonyl (C=O) groups is 2. The van der Waals surface area contributed by atoms with Crippen LogP contribution in [-0.4, -0.2) is 41.2 Å². The lowest BCUT2D eigenvalue weighted by atomic mass is 9.93. The lowest BCUT2D eigenvalue weighted by molar-refractivity contribution is -0.143. The van der Waals surface area contributed by atoms with Crippen molar-refractivity contribution in [2.24, 2.45) is 4.99 Å². The number of amidine groups is 1. The molecule has 0 spiro atoms. The lowest BCUT2D eigenvalue weighted by Gasteiger charge is -2.36. The van der Waals surface area contributed by atoms with E-state index in [4.69, 9.17) is 14.5 Å². The summed E-state index contributed by atoms with van der Waals surface area (Å²) < 4.78 is 11.3. The summed E-state index contributed by atoms with van der Waals surface area (Å²) >= 11 is 1.46. The number of thioether (sulfide) groups is 1. The van der Waals surface area contributed by atoms with Crippen LogP contribution in [0.2, 0.25) is 0 Å². The van der Waals surface area contributed by atoms with E-state index in [1.165, 1.54) is 11.8 Å². The second kappa shape index (κ2) is 11.5. The number of nitrogens with zero attached hydrogens (tertiary/aromatic N) is 2. The predicted octanol–water partition coefficient (Wildman–Crippen LogP) is 5.11. The van der Waals surface area contributed by atoms with Gasteiger partial charge in [-0.15, -0.1) is 0 Å². The Bertz CT molecular complexity index is 1220. The first-order valence-corrected chi connectivity index (χ1v) is 12.9. The minimum absolute atomic E-state index is 0.125. The first-order valence-electron chi connectivity index (χ1n) is 12.0. The second-order valence-corrected chi connectivity index (χ2v) is 9.79. The molecule has 1 N–H and O–H groups in total. The Balaban J connectivity index is 1.51. The van der Waals surface area contributed by atoms with E-state index in [0.717, 1.165) is 27.7 Å². The van der Waals surface area contributed by atoms with Gasteiger partial charge in [0.25, 0.3) is 0 Å². The number of aryl methyl sites for hydroxylation is 1. The van der Waals surface area contributed by atoms with Crippen LogP contribution >= 0.6 is 11.8 Å². The van der Waals surface area contributed by atoms with Crippen LogP contribution in [0.5, 0.6) is 5.75 Å². The zero-order valence-corrected chi connectivity index (χ0v) is 21.8. The van der Waals surface area contributed by atoms with Crippen LogP contribution in [0.15, 0.2) is 82.0 Å². The molecular formula is C28H31N3O4S. The molecule has 7 nitrogen and oxygen atoms in total. The summed E-state index contributed by atoms with van der Waals surface area (Å²) in [4.78, 5) is 32.7. The summed E-state index contributed by atoms with van der Waals surface area (Å²) in [5, 5.41) is 5.61. The summed E-state index contributed by atoms with van der Waals surface area (Å²) in [7, 11) is 0. The van der Waals surface area contributed by atoms with Gasteiger partial charge in [0.2, 0.25) is 5.91 Å². The van der Waals surface area contributed by atoms with E-state index < -0.39 is 12.0 Å². The van der Waals surface area contributed by atoms with Crippen molar-refractivity contribution in [3.05, 3.63) is 88.1 Å². The summed E-state index contributed by atoms with van der Waals surface area (Å²) in [5.41, 5.74) is 3.93. The first-order chi connectivity index (χ1) is 17.3. The summed E-state index contributed by atoms with van der Waals surface area (Å²) in [6, 6.07) is 17.1. The van der Waals surface area contributed by atoms with Gasteiger partial charge in [-0.05, 0) is 50.8 Å². The van der Waals surface area contributed by atoms with Crippen LogP contribution in [0, 0.1) is 6.92 Å². The Kier molecular flexibility index (Phi) is 8.15. The molecule has 0 saturated heterocycles. The van der Waals surface area contributed by atoms with Crippen LogP contribution in [0.4, 0.5) is 0 Å². The van der Waals surface area contributed by atoms with Crippen molar-refractivity contribution < 1.29 is 19.1 Å². The van der Waals surface area contributed by atoms with E-state index in [1.54, 1.807) is 0 Å². The number of nitrogens with one attached hydrogen (secondary N) is 1. The molecular weight excluding hydrogens is 474 g/mol. The molecule has 0 bridgehead atoms. The van der Waals surface area contributed by atoms with Gasteiger partial charge in [-0.3, -0.25) is 4.79 Å². The third kappa shape index (κ3) is 5.99. The van der Waals surface area contributed by atoms with Crippen LogP contribution < -0.4 is 10.1 Å². The molecule has 1 atom stereocenters. The molecule has 2 aromatic carbocycles. The molecule has 0 fully saturated rings. The largest absolute Gasteiger partial charge is 0.492 e. The molecule has 2 heterocycles. The fourth-order valence-corrected chi connectivity index (χ4v) is 5.13. The fraction of sp³-hybridized carbons (Fsp3) is 0.321. The number of esters is 1. The Morgan fingerprint density at radius 2 is 1.89 bits per heavy atom. The highest BCUT2D eigenvalue weighted by molar-refractivity contribution is 8.16. The van der Waals surface area contributed by atoms with Crippen molar-refractivity contribution in [2.75, 3.05) is 13.2 Å². The number of fused-ring (bicyclic) bond motifs is 1. The number of aliphatic imine (C=N–C) groups is 1. The van der Waals surface area contributed by atoms with E-state index in [-0.39, 0.29) is 18.4 Å². The molecule has 36 heavy (non-hydrogen) atoms. The van der Waals surface area contributed by atoms with Gasteiger partial charge in [0.1, 0.15) is 12.4 Å². The summed E-state index contributed by atoms with van der Waals surface area (Å²) in [6.07, 6.45) is -0.0983. The fourth-order valence-electron chi connectivity index (χ4n) is 4.17. The molecule has 2 aliphatic rings. The van der Waals surface area contributed by atoms with Gasteiger partial charge >= 0.3 is 5.97 Å². The molecule has 2 aromatic rings. The van der Waals surface area contributed by atoms with Crippen LogP contribution in [0.3, 0.4) is 0 Å². The average Bonchev–Trinajstić information content (AvgIpc) is 3.22. The first kappa shape index (κ1) is 25.6. The molecule has 4 rings (SSSR count). The third-order valence-electron chi connectivity index (χ3n) is 5.70. The maximum absolute atomic E-state index is 13.2. The van der Waals surface area contributed by atoms with Gasteiger partial charge in [0.05, 0.1) is 36.4 Å². The van der Waals surface area contributed by atoms with Crippen molar-refractivity contribution in [3.8, 4) is 5.75 Å². The zero-order valence-electron chi connectivity index (χ0n) is 21.0. The Labute approximate surface area is 216 Å². The van der Waals surface area contributed by atoms with Crippen molar-refractivity contribution in [3.63, 3.8) is 0 Å². The normalized spacial score (nSPS) is 16.9. The predicted molar refractivity (Wildman–Crippen MR) is 142 cm³/mol. The number of carbonyl (C=O) groups excluding carboxylic acids is 2. The zero-order chi connectivity index (χ0) is 25.7. The summed E-state index contributed by atoms with van der Waals surface area (Å²) in [5.74, 6) is 0.246. The number of para-hydroxylation sites is 1. The lowest BCUT2D eigenvalue weighted by Crippen LogP contribution is -2.38. The number of rotatable bonds is 9. The minimum Gasteiger partial charge on any atom is -0.492 e. The van der Waals surface area contributed by atoms with Gasteiger partial charge in [-0.1, -0.05) is 59.8 Å². The standard InChI is InChI=1S/C28H31N3O4S/c1-18(2)35-27(33)25-20(4)30-28-31(26(25)21-10-8-9-19(3)15-21)22(17-36-28)16-24(32)29-13-14-34-23-11-6-5-7-12-23/h5-12,15,17-18,26H,13-14,16H2,1-4H3,(H,29,32). The molecule has 1 unspecified atom stereocenters. The van der Waals surface area contributed by atoms with Gasteiger partial charge in [-0.2, -0.15) is 0 Å². The maximum atomic E-state index is 13.2. The molecule has 0 saturated carbocycles. The Hall–Kier alpha value is -3.52.